The lowest BCUT2D eigenvalue weighted by atomic mass is 10.0. The number of fused-ring (bicyclic) bond motifs is 1. The third kappa shape index (κ3) is 2.83. The first-order valence-electron chi connectivity index (χ1n) is 8.34. The van der Waals surface area contributed by atoms with Gasteiger partial charge >= 0.3 is 5.69 Å². The maximum Gasteiger partial charge on any atom is 0.326 e. The summed E-state index contributed by atoms with van der Waals surface area (Å²) < 4.78 is 7.68. The number of para-hydroxylation sites is 2. The Hall–Kier alpha value is -1.59. The van der Waals surface area contributed by atoms with E-state index in [1.807, 2.05) is 28.8 Å². The molecule has 0 bridgehead atoms. The van der Waals surface area contributed by atoms with Crippen molar-refractivity contribution in [3.63, 3.8) is 0 Å². The summed E-state index contributed by atoms with van der Waals surface area (Å²) in [6.45, 7) is 3.96. The smallest absolute Gasteiger partial charge is 0.326 e. The molecule has 1 aliphatic carbocycles. The van der Waals surface area contributed by atoms with Crippen LogP contribution >= 0.6 is 0 Å². The molecule has 1 saturated heterocycles. The van der Waals surface area contributed by atoms with Crippen LogP contribution in [0.3, 0.4) is 0 Å². The van der Waals surface area contributed by atoms with E-state index in [9.17, 15) is 4.79 Å². The van der Waals surface area contributed by atoms with E-state index in [-0.39, 0.29) is 5.69 Å². The van der Waals surface area contributed by atoms with Crippen molar-refractivity contribution in [1.82, 2.24) is 14.5 Å². The van der Waals surface area contributed by atoms with Crippen molar-refractivity contribution in [3.8, 4) is 0 Å². The first-order chi connectivity index (χ1) is 10.8. The number of H-pyrrole nitrogens is 1. The molecule has 2 aromatic rings. The van der Waals surface area contributed by atoms with E-state index in [4.69, 9.17) is 4.74 Å². The predicted octanol–water partition coefficient (Wildman–Crippen LogP) is 2.15. The molecule has 5 nitrogen and oxygen atoms in total. The molecule has 1 saturated carbocycles. The lowest BCUT2D eigenvalue weighted by molar-refractivity contribution is 0.0795. The molecule has 22 heavy (non-hydrogen) atoms. The molecule has 2 aliphatic rings. The molecule has 2 fully saturated rings. The van der Waals surface area contributed by atoms with Crippen LogP contribution in [-0.2, 0) is 4.74 Å². The van der Waals surface area contributed by atoms with E-state index in [0.29, 0.717) is 12.1 Å². The fourth-order valence-electron chi connectivity index (χ4n) is 3.42. The summed E-state index contributed by atoms with van der Waals surface area (Å²) in [6.07, 6.45) is 5.09. The Kier molecular flexibility index (Phi) is 3.76. The van der Waals surface area contributed by atoms with Crippen molar-refractivity contribution in [2.75, 3.05) is 26.2 Å². The van der Waals surface area contributed by atoms with Gasteiger partial charge in [-0.15, -0.1) is 0 Å². The number of likely N-dealkylation sites (tertiary alicyclic amines) is 1. The van der Waals surface area contributed by atoms with Gasteiger partial charge in [-0.1, -0.05) is 12.1 Å². The molecule has 0 spiro atoms. The van der Waals surface area contributed by atoms with Gasteiger partial charge in [-0.05, 0) is 37.8 Å². The molecule has 1 aromatic heterocycles. The normalized spacial score (nSPS) is 20.7. The van der Waals surface area contributed by atoms with Gasteiger partial charge in [-0.2, -0.15) is 0 Å². The molecule has 0 radical (unpaired) electrons. The number of aromatic nitrogens is 2. The minimum atomic E-state index is 0.0247. The van der Waals surface area contributed by atoms with Gasteiger partial charge in [0.05, 0.1) is 23.7 Å². The SMILES string of the molecule is O=c1[nH]c2ccccc2n1C1CCN(CCOC2CC2)CC1. The average Bonchev–Trinajstić information content (AvgIpc) is 3.29. The van der Waals surface area contributed by atoms with E-state index in [1.54, 1.807) is 0 Å². The molecule has 5 heteroatoms. The number of hydrogen-bond donors (Lipinski definition) is 1. The summed E-state index contributed by atoms with van der Waals surface area (Å²) in [5.41, 5.74) is 1.99. The Morgan fingerprint density at radius 2 is 1.91 bits per heavy atom. The zero-order valence-corrected chi connectivity index (χ0v) is 12.8. The monoisotopic (exact) mass is 301 g/mol. The second-order valence-corrected chi connectivity index (χ2v) is 6.46. The molecule has 0 atom stereocenters. The van der Waals surface area contributed by atoms with E-state index in [1.165, 1.54) is 12.8 Å². The summed E-state index contributed by atoms with van der Waals surface area (Å²) in [6, 6.07) is 8.27. The van der Waals surface area contributed by atoms with Crippen LogP contribution in [0.5, 0.6) is 0 Å². The fraction of sp³-hybridized carbons (Fsp3) is 0.588. The van der Waals surface area contributed by atoms with Gasteiger partial charge in [0.1, 0.15) is 0 Å². The van der Waals surface area contributed by atoms with E-state index in [0.717, 1.165) is 50.1 Å². The van der Waals surface area contributed by atoms with E-state index >= 15 is 0 Å². The van der Waals surface area contributed by atoms with Crippen molar-refractivity contribution < 1.29 is 4.74 Å². The molecule has 0 amide bonds. The standard InChI is InChI=1S/C17H23N3O2/c21-17-18-15-3-1-2-4-16(15)20(17)13-7-9-19(10-8-13)11-12-22-14-5-6-14/h1-4,13-14H,5-12H2,(H,18,21). The van der Waals surface area contributed by atoms with Crippen LogP contribution in [0.25, 0.3) is 11.0 Å². The first kappa shape index (κ1) is 14.0. The average molecular weight is 301 g/mol. The van der Waals surface area contributed by atoms with Gasteiger partial charge in [0.15, 0.2) is 0 Å². The van der Waals surface area contributed by atoms with Crippen molar-refractivity contribution in [2.45, 2.75) is 37.8 Å². The highest BCUT2D eigenvalue weighted by molar-refractivity contribution is 5.75. The van der Waals surface area contributed by atoms with Crippen LogP contribution in [0.1, 0.15) is 31.7 Å². The zero-order chi connectivity index (χ0) is 14.9. The second-order valence-electron chi connectivity index (χ2n) is 6.46. The quantitative estimate of drug-likeness (QED) is 0.920. The van der Waals surface area contributed by atoms with Crippen LogP contribution in [0.4, 0.5) is 0 Å². The summed E-state index contributed by atoms with van der Waals surface area (Å²) in [5, 5.41) is 0. The molecular formula is C17H23N3O2. The lowest BCUT2D eigenvalue weighted by Gasteiger charge is -2.32. The van der Waals surface area contributed by atoms with Crippen LogP contribution in [0.15, 0.2) is 29.1 Å². The van der Waals surface area contributed by atoms with Crippen LogP contribution in [0, 0.1) is 0 Å². The third-order valence-electron chi connectivity index (χ3n) is 4.83. The molecule has 2 heterocycles. The van der Waals surface area contributed by atoms with E-state index in [2.05, 4.69) is 9.88 Å². The van der Waals surface area contributed by atoms with Gasteiger partial charge in [-0.3, -0.25) is 4.57 Å². The van der Waals surface area contributed by atoms with Crippen LogP contribution in [-0.4, -0.2) is 46.8 Å². The minimum Gasteiger partial charge on any atom is -0.377 e. The van der Waals surface area contributed by atoms with Gasteiger partial charge in [0.25, 0.3) is 0 Å². The molecule has 118 valence electrons. The Balaban J connectivity index is 1.39. The number of rotatable bonds is 5. The Morgan fingerprint density at radius 1 is 1.14 bits per heavy atom. The number of benzene rings is 1. The number of aromatic amines is 1. The molecule has 1 N–H and O–H groups in total. The number of piperidine rings is 1. The summed E-state index contributed by atoms with van der Waals surface area (Å²) in [7, 11) is 0. The molecule has 0 unspecified atom stereocenters. The van der Waals surface area contributed by atoms with Crippen molar-refractivity contribution in [1.29, 1.82) is 0 Å². The number of imidazole rings is 1. The molecule has 1 aliphatic heterocycles. The van der Waals surface area contributed by atoms with Crippen LogP contribution < -0.4 is 5.69 Å². The first-order valence-corrected chi connectivity index (χ1v) is 8.34. The Labute approximate surface area is 129 Å². The third-order valence-corrected chi connectivity index (χ3v) is 4.83. The van der Waals surface area contributed by atoms with Gasteiger partial charge in [-0.25, -0.2) is 4.79 Å². The molecule has 4 rings (SSSR count). The topological polar surface area (TPSA) is 50.3 Å². The minimum absolute atomic E-state index is 0.0247. The van der Waals surface area contributed by atoms with Crippen molar-refractivity contribution in [3.05, 3.63) is 34.7 Å². The molecule has 1 aromatic carbocycles. The predicted molar refractivity (Wildman–Crippen MR) is 86.2 cm³/mol. The number of ether oxygens (including phenoxy) is 1. The maximum atomic E-state index is 12.2. The maximum absolute atomic E-state index is 12.2. The lowest BCUT2D eigenvalue weighted by Crippen LogP contribution is -2.38. The van der Waals surface area contributed by atoms with Gasteiger partial charge in [0.2, 0.25) is 0 Å². The highest BCUT2D eigenvalue weighted by Crippen LogP contribution is 2.25. The largest absolute Gasteiger partial charge is 0.377 e. The van der Waals surface area contributed by atoms with E-state index < -0.39 is 0 Å². The zero-order valence-electron chi connectivity index (χ0n) is 12.8. The van der Waals surface area contributed by atoms with Crippen LogP contribution in [0.2, 0.25) is 0 Å². The van der Waals surface area contributed by atoms with Crippen molar-refractivity contribution >= 4 is 11.0 Å². The van der Waals surface area contributed by atoms with Crippen molar-refractivity contribution in [2.24, 2.45) is 0 Å². The van der Waals surface area contributed by atoms with Gasteiger partial charge in [0, 0.05) is 25.7 Å². The summed E-state index contributed by atoms with van der Waals surface area (Å²) in [5.74, 6) is 0. The fourth-order valence-corrected chi connectivity index (χ4v) is 3.42. The number of nitrogens with zero attached hydrogens (tertiary/aromatic N) is 2. The highest BCUT2D eigenvalue weighted by atomic mass is 16.5. The highest BCUT2D eigenvalue weighted by Gasteiger charge is 2.25. The number of nitrogens with one attached hydrogen (secondary N) is 1. The number of hydrogen-bond acceptors (Lipinski definition) is 3. The molecular weight excluding hydrogens is 278 g/mol. The Morgan fingerprint density at radius 3 is 2.68 bits per heavy atom. The summed E-state index contributed by atoms with van der Waals surface area (Å²) in [4.78, 5) is 17.7. The summed E-state index contributed by atoms with van der Waals surface area (Å²) >= 11 is 0. The Bertz CT molecular complexity index is 693. The van der Waals surface area contributed by atoms with Gasteiger partial charge < -0.3 is 14.6 Å². The second kappa shape index (κ2) is 5.89.